The number of aryl methyl sites for hydroxylation is 1. The lowest BCUT2D eigenvalue weighted by Gasteiger charge is -2.28. The second-order valence-corrected chi connectivity index (χ2v) is 10.6. The Morgan fingerprint density at radius 3 is 1.69 bits per heavy atom. The Labute approximate surface area is 216 Å². The van der Waals surface area contributed by atoms with Crippen molar-refractivity contribution in [1.82, 2.24) is 0 Å². The molecule has 0 bridgehead atoms. The highest BCUT2D eigenvalue weighted by Gasteiger charge is 2.20. The van der Waals surface area contributed by atoms with Gasteiger partial charge in [0.2, 0.25) is 0 Å². The first-order chi connectivity index (χ1) is 17.3. The fourth-order valence-electron chi connectivity index (χ4n) is 5.18. The molecule has 1 aliphatic carbocycles. The topological polar surface area (TPSA) is 0 Å². The molecule has 0 radical (unpaired) electrons. The number of benzene rings is 2. The maximum absolute atomic E-state index is 3.32. The Morgan fingerprint density at radius 2 is 1.09 bits per heavy atom. The van der Waals surface area contributed by atoms with Gasteiger partial charge in [-0.3, -0.25) is 0 Å². The van der Waals surface area contributed by atoms with Crippen molar-refractivity contribution in [3.8, 4) is 23.7 Å². The summed E-state index contributed by atoms with van der Waals surface area (Å²) < 4.78 is 0. The van der Waals surface area contributed by atoms with Crippen molar-refractivity contribution in [2.75, 3.05) is 0 Å². The highest BCUT2D eigenvalue weighted by Crippen LogP contribution is 2.34. The minimum Gasteiger partial charge on any atom is -0.0979 e. The second kappa shape index (κ2) is 16.3. The molecular weight excluding hydrogens is 420 g/mol. The van der Waals surface area contributed by atoms with Gasteiger partial charge in [0.05, 0.1) is 0 Å². The van der Waals surface area contributed by atoms with Crippen LogP contribution in [0.3, 0.4) is 0 Å². The Bertz CT molecular complexity index is 947. The fraction of sp³-hybridized carbons (Fsp3) is 0.543. The van der Waals surface area contributed by atoms with E-state index in [0.717, 1.165) is 34.9 Å². The molecule has 0 heterocycles. The van der Waals surface area contributed by atoms with Crippen LogP contribution in [0.4, 0.5) is 0 Å². The molecule has 0 N–H and O–H groups in total. The van der Waals surface area contributed by atoms with E-state index >= 15 is 0 Å². The molecule has 186 valence electrons. The van der Waals surface area contributed by atoms with Crippen LogP contribution in [0.2, 0.25) is 0 Å². The zero-order valence-corrected chi connectivity index (χ0v) is 22.4. The van der Waals surface area contributed by atoms with Crippen LogP contribution < -0.4 is 0 Å². The molecule has 0 aliphatic heterocycles. The van der Waals surface area contributed by atoms with Gasteiger partial charge < -0.3 is 0 Å². The molecule has 0 saturated heterocycles. The molecule has 0 aromatic heterocycles. The van der Waals surface area contributed by atoms with Crippen molar-refractivity contribution in [3.63, 3.8) is 0 Å². The first kappa shape index (κ1) is 27.2. The summed E-state index contributed by atoms with van der Waals surface area (Å²) in [7, 11) is 0. The molecule has 0 unspecified atom stereocenters. The monoisotopic (exact) mass is 466 g/mol. The zero-order chi connectivity index (χ0) is 24.6. The first-order valence-corrected chi connectivity index (χ1v) is 14.5. The van der Waals surface area contributed by atoms with Crippen LogP contribution in [0.15, 0.2) is 48.5 Å². The van der Waals surface area contributed by atoms with Gasteiger partial charge in [-0.1, -0.05) is 120 Å². The first-order valence-electron chi connectivity index (χ1n) is 14.5. The molecule has 0 nitrogen and oxygen atoms in total. The third-order valence-electron chi connectivity index (χ3n) is 7.60. The minimum absolute atomic E-state index is 0.935. The van der Waals surface area contributed by atoms with E-state index in [2.05, 4.69) is 86.1 Å². The molecule has 0 heteroatoms. The van der Waals surface area contributed by atoms with Crippen molar-refractivity contribution in [3.05, 3.63) is 70.8 Å². The third-order valence-corrected chi connectivity index (χ3v) is 7.60. The largest absolute Gasteiger partial charge is 0.0979 e. The molecule has 2 aromatic carbocycles. The van der Waals surface area contributed by atoms with Gasteiger partial charge in [-0.15, -0.1) is 0 Å². The maximum atomic E-state index is 3.32. The third kappa shape index (κ3) is 10.8. The molecule has 35 heavy (non-hydrogen) atoms. The SMILES string of the molecule is CCCCC#Cc1ccc(C#Cc2ccc(CCC3CCC(CCCCCCC)CC3)cc2)cc1. The van der Waals surface area contributed by atoms with Gasteiger partial charge in [-0.25, -0.2) is 0 Å². The molecule has 0 spiro atoms. The lowest BCUT2D eigenvalue weighted by molar-refractivity contribution is 0.248. The van der Waals surface area contributed by atoms with Gasteiger partial charge in [0, 0.05) is 23.1 Å². The van der Waals surface area contributed by atoms with Gasteiger partial charge >= 0.3 is 0 Å². The van der Waals surface area contributed by atoms with Crippen molar-refractivity contribution in [2.45, 2.75) is 110 Å². The Balaban J connectivity index is 1.36. The summed E-state index contributed by atoms with van der Waals surface area (Å²) in [6, 6.07) is 17.2. The van der Waals surface area contributed by atoms with E-state index in [0.29, 0.717) is 0 Å². The molecule has 1 saturated carbocycles. The van der Waals surface area contributed by atoms with Crippen molar-refractivity contribution >= 4 is 0 Å². The Hall–Kier alpha value is -2.44. The Morgan fingerprint density at radius 1 is 0.571 bits per heavy atom. The van der Waals surface area contributed by atoms with E-state index < -0.39 is 0 Å². The lowest BCUT2D eigenvalue weighted by atomic mass is 9.77. The molecule has 2 aromatic rings. The lowest BCUT2D eigenvalue weighted by Crippen LogP contribution is -2.15. The van der Waals surface area contributed by atoms with Crippen LogP contribution in [-0.2, 0) is 6.42 Å². The van der Waals surface area contributed by atoms with Gasteiger partial charge in [-0.2, -0.15) is 0 Å². The number of hydrogen-bond donors (Lipinski definition) is 0. The molecule has 1 aliphatic rings. The summed E-state index contributed by atoms with van der Waals surface area (Å²) in [6.07, 6.45) is 20.4. The number of hydrogen-bond acceptors (Lipinski definition) is 0. The summed E-state index contributed by atoms with van der Waals surface area (Å²) >= 11 is 0. The van der Waals surface area contributed by atoms with E-state index in [1.807, 2.05) is 0 Å². The summed E-state index contributed by atoms with van der Waals surface area (Å²) in [5.74, 6) is 15.1. The van der Waals surface area contributed by atoms with Crippen LogP contribution in [0, 0.1) is 35.5 Å². The van der Waals surface area contributed by atoms with E-state index in [4.69, 9.17) is 0 Å². The summed E-state index contributed by atoms with van der Waals surface area (Å²) in [5.41, 5.74) is 4.67. The highest BCUT2D eigenvalue weighted by molar-refractivity contribution is 5.46. The van der Waals surface area contributed by atoms with E-state index in [9.17, 15) is 0 Å². The highest BCUT2D eigenvalue weighted by atomic mass is 14.3. The quantitative estimate of drug-likeness (QED) is 0.228. The predicted octanol–water partition coefficient (Wildman–Crippen LogP) is 9.73. The summed E-state index contributed by atoms with van der Waals surface area (Å²) in [6.45, 7) is 4.50. The molecule has 3 rings (SSSR count). The van der Waals surface area contributed by atoms with Crippen LogP contribution >= 0.6 is 0 Å². The average molecular weight is 467 g/mol. The van der Waals surface area contributed by atoms with Crippen LogP contribution in [0.1, 0.15) is 126 Å². The average Bonchev–Trinajstić information content (AvgIpc) is 2.90. The standard InChI is InChI=1S/C35H46/c1-3-5-7-9-11-13-31-16-20-33(21-17-31)23-25-35-28-26-34(27-29-35)24-22-32-18-14-30(15-19-32)12-10-8-6-4-2/h14-15,18-19,26-29,31,33H,3-9,11,13,16-17,20-21,23,25H2,1-2H3. The van der Waals surface area contributed by atoms with Crippen molar-refractivity contribution in [2.24, 2.45) is 11.8 Å². The Kier molecular flexibility index (Phi) is 12.6. The van der Waals surface area contributed by atoms with Gasteiger partial charge in [0.25, 0.3) is 0 Å². The number of unbranched alkanes of at least 4 members (excludes halogenated alkanes) is 6. The minimum atomic E-state index is 0.935. The van der Waals surface area contributed by atoms with Crippen molar-refractivity contribution in [1.29, 1.82) is 0 Å². The van der Waals surface area contributed by atoms with E-state index in [1.165, 1.54) is 95.5 Å². The summed E-state index contributed by atoms with van der Waals surface area (Å²) in [5, 5.41) is 0. The molecule has 0 atom stereocenters. The van der Waals surface area contributed by atoms with E-state index in [-0.39, 0.29) is 0 Å². The van der Waals surface area contributed by atoms with Gasteiger partial charge in [0.1, 0.15) is 0 Å². The smallest absolute Gasteiger partial charge is 0.0249 e. The van der Waals surface area contributed by atoms with E-state index in [1.54, 1.807) is 0 Å². The van der Waals surface area contributed by atoms with Gasteiger partial charge in [-0.05, 0) is 73.1 Å². The van der Waals surface area contributed by atoms with Gasteiger partial charge in [0.15, 0.2) is 0 Å². The fourth-order valence-corrected chi connectivity index (χ4v) is 5.18. The number of rotatable bonds is 11. The predicted molar refractivity (Wildman–Crippen MR) is 152 cm³/mol. The molecule has 0 amide bonds. The van der Waals surface area contributed by atoms with Crippen LogP contribution in [-0.4, -0.2) is 0 Å². The van der Waals surface area contributed by atoms with Crippen LogP contribution in [0.25, 0.3) is 0 Å². The summed E-state index contributed by atoms with van der Waals surface area (Å²) in [4.78, 5) is 0. The molecule has 1 fully saturated rings. The normalized spacial score (nSPS) is 17.2. The maximum Gasteiger partial charge on any atom is 0.0249 e. The van der Waals surface area contributed by atoms with Crippen molar-refractivity contribution < 1.29 is 0 Å². The zero-order valence-electron chi connectivity index (χ0n) is 22.4. The van der Waals surface area contributed by atoms with Crippen LogP contribution in [0.5, 0.6) is 0 Å². The molecular formula is C35H46. The second-order valence-electron chi connectivity index (χ2n) is 10.6.